The molecule has 0 bridgehead atoms. The van der Waals surface area contributed by atoms with Gasteiger partial charge < -0.3 is 14.8 Å². The smallest absolute Gasteiger partial charge is 0.425 e. The van der Waals surface area contributed by atoms with E-state index in [1.54, 1.807) is 10.7 Å². The monoisotopic (exact) mass is 565 g/mol. The highest BCUT2D eigenvalue weighted by molar-refractivity contribution is 7.51. The molecule has 13 heteroatoms. The highest BCUT2D eigenvalue weighted by Gasteiger charge is 2.38. The summed E-state index contributed by atoms with van der Waals surface area (Å²) in [5, 5.41) is 7.51. The molecule has 1 atom stereocenters. The molecule has 1 aromatic carbocycles. The highest BCUT2D eigenvalue weighted by Crippen LogP contribution is 2.39. The van der Waals surface area contributed by atoms with E-state index < -0.39 is 23.9 Å². The minimum absolute atomic E-state index is 0.00359. The maximum atomic E-state index is 12.9. The molecule has 1 amide bonds. The maximum absolute atomic E-state index is 12.9. The summed E-state index contributed by atoms with van der Waals surface area (Å²) in [6.45, 7) is 6.03. The van der Waals surface area contributed by atoms with Crippen molar-refractivity contribution in [3.05, 3.63) is 28.9 Å². The predicted octanol–water partition coefficient (Wildman–Crippen LogP) is 5.45. The number of rotatable bonds is 8. The fraction of sp³-hybridized carbons (Fsp3) is 0.583. The van der Waals surface area contributed by atoms with Crippen LogP contribution in [0.1, 0.15) is 56.9 Å². The number of carbonyl (C=O) groups is 1. The van der Waals surface area contributed by atoms with Gasteiger partial charge in [-0.15, -0.1) is 0 Å². The standard InChI is InChI=1S/C24H31ClF3N3O3.O2S/c1-5-31-22(18-11-10-17(12-19(18)33-4)34-15(3)24(26,27)28)20(25)21(30-31)23(32)29-13-16-8-6-14(2)7-9-16;1-3-2/h10-12,14-16H,5-9,13H2,1-4H3,(H,29,32);. The van der Waals surface area contributed by atoms with Crippen molar-refractivity contribution >= 4 is 29.1 Å². The van der Waals surface area contributed by atoms with Gasteiger partial charge in [0, 0.05) is 24.7 Å². The lowest BCUT2D eigenvalue weighted by molar-refractivity contribution is -0.189. The SMILES string of the molecule is CCn1nc(C(=O)NCC2CCC(C)CC2)c(Cl)c1-c1ccc(OC(C)C(F)(F)F)cc1OC.O=S=O. The third-order valence-electron chi connectivity index (χ3n) is 6.30. The van der Waals surface area contributed by atoms with Gasteiger partial charge in [0.15, 0.2) is 11.8 Å². The van der Waals surface area contributed by atoms with Crippen LogP contribution in [0.3, 0.4) is 0 Å². The first-order valence-electron chi connectivity index (χ1n) is 11.8. The van der Waals surface area contributed by atoms with Crippen molar-refractivity contribution < 1.29 is 35.9 Å². The first-order chi connectivity index (χ1) is 17.5. The summed E-state index contributed by atoms with van der Waals surface area (Å²) >= 11 is 5.86. The summed E-state index contributed by atoms with van der Waals surface area (Å²) in [5.74, 6) is 1.08. The average Bonchev–Trinajstić information content (AvgIpc) is 3.19. The third kappa shape index (κ3) is 8.19. The number of hydrogen-bond donors (Lipinski definition) is 1. The predicted molar refractivity (Wildman–Crippen MR) is 133 cm³/mol. The molecule has 2 aromatic rings. The van der Waals surface area contributed by atoms with Crippen LogP contribution in [0.5, 0.6) is 11.5 Å². The fourth-order valence-corrected chi connectivity index (χ4v) is 4.46. The van der Waals surface area contributed by atoms with Crippen LogP contribution in [-0.4, -0.2) is 50.0 Å². The summed E-state index contributed by atoms with van der Waals surface area (Å²) in [6, 6.07) is 4.33. The lowest BCUT2D eigenvalue weighted by Gasteiger charge is -2.26. The van der Waals surface area contributed by atoms with E-state index in [0.717, 1.165) is 38.5 Å². The van der Waals surface area contributed by atoms with Gasteiger partial charge in [0.1, 0.15) is 11.5 Å². The van der Waals surface area contributed by atoms with Crippen molar-refractivity contribution in [3.8, 4) is 22.8 Å². The number of nitrogens with zero attached hydrogens (tertiary/aromatic N) is 2. The van der Waals surface area contributed by atoms with Gasteiger partial charge in [-0.05, 0) is 50.7 Å². The molecule has 0 aliphatic heterocycles. The summed E-state index contributed by atoms with van der Waals surface area (Å²) in [6.07, 6.45) is -1.97. The molecule has 206 valence electrons. The normalized spacial score (nSPS) is 18.3. The first kappa shape index (κ1) is 30.6. The Morgan fingerprint density at radius 3 is 2.43 bits per heavy atom. The van der Waals surface area contributed by atoms with Gasteiger partial charge in [0.05, 0.1) is 17.8 Å². The molecule has 0 spiro atoms. The lowest BCUT2D eigenvalue weighted by atomic mass is 9.83. The number of alkyl halides is 3. The second-order valence-corrected chi connectivity index (χ2v) is 9.41. The van der Waals surface area contributed by atoms with E-state index in [0.29, 0.717) is 30.3 Å². The molecule has 1 N–H and O–H groups in total. The summed E-state index contributed by atoms with van der Waals surface area (Å²) in [4.78, 5) is 12.9. The summed E-state index contributed by atoms with van der Waals surface area (Å²) in [5.41, 5.74) is 1.05. The van der Waals surface area contributed by atoms with Crippen LogP contribution in [0, 0.1) is 11.8 Å². The topological polar surface area (TPSA) is 99.5 Å². The third-order valence-corrected chi connectivity index (χ3v) is 6.66. The van der Waals surface area contributed by atoms with E-state index in [4.69, 9.17) is 29.5 Å². The Kier molecular flexibility index (Phi) is 11.4. The summed E-state index contributed by atoms with van der Waals surface area (Å²) < 4.78 is 67.2. The molecule has 0 radical (unpaired) electrons. The Balaban J connectivity index is 0.00000153. The zero-order valence-corrected chi connectivity index (χ0v) is 22.6. The molecule has 0 saturated heterocycles. The molecule has 1 aliphatic carbocycles. The molecule has 1 unspecified atom stereocenters. The van der Waals surface area contributed by atoms with E-state index in [-0.39, 0.29) is 28.1 Å². The molecular weight excluding hydrogens is 535 g/mol. The highest BCUT2D eigenvalue weighted by atomic mass is 35.5. The number of halogens is 4. The van der Waals surface area contributed by atoms with Crippen LogP contribution in [-0.2, 0) is 18.1 Å². The minimum Gasteiger partial charge on any atom is -0.496 e. The number of carbonyl (C=O) groups excluding carboxylic acids is 1. The molecule has 1 saturated carbocycles. The van der Waals surface area contributed by atoms with E-state index in [2.05, 4.69) is 17.3 Å². The number of aromatic nitrogens is 2. The van der Waals surface area contributed by atoms with Crippen LogP contribution in [0.2, 0.25) is 5.02 Å². The number of ether oxygens (including phenoxy) is 2. The van der Waals surface area contributed by atoms with Crippen molar-refractivity contribution in [2.75, 3.05) is 13.7 Å². The minimum atomic E-state index is -4.49. The van der Waals surface area contributed by atoms with Crippen LogP contribution in [0.25, 0.3) is 11.3 Å². The number of amides is 1. The van der Waals surface area contributed by atoms with E-state index >= 15 is 0 Å². The number of aryl methyl sites for hydroxylation is 1. The average molecular weight is 566 g/mol. The quantitative estimate of drug-likeness (QED) is 0.457. The van der Waals surface area contributed by atoms with Gasteiger partial charge in [0.2, 0.25) is 0 Å². The van der Waals surface area contributed by atoms with Gasteiger partial charge in [-0.3, -0.25) is 9.48 Å². The molecule has 37 heavy (non-hydrogen) atoms. The number of methoxy groups -OCH3 is 1. The van der Waals surface area contributed by atoms with Gasteiger partial charge >= 0.3 is 17.7 Å². The molecule has 1 heterocycles. The van der Waals surface area contributed by atoms with Crippen molar-refractivity contribution in [3.63, 3.8) is 0 Å². The maximum Gasteiger partial charge on any atom is 0.425 e. The van der Waals surface area contributed by atoms with Crippen LogP contribution in [0.15, 0.2) is 18.2 Å². The van der Waals surface area contributed by atoms with Crippen molar-refractivity contribution in [1.82, 2.24) is 15.1 Å². The number of hydrogen-bond acceptors (Lipinski definition) is 6. The molecule has 1 fully saturated rings. The van der Waals surface area contributed by atoms with Crippen LogP contribution < -0.4 is 14.8 Å². The number of benzene rings is 1. The van der Waals surface area contributed by atoms with Crippen molar-refractivity contribution in [1.29, 1.82) is 0 Å². The first-order valence-corrected chi connectivity index (χ1v) is 12.9. The van der Waals surface area contributed by atoms with Gasteiger partial charge in [-0.25, -0.2) is 0 Å². The van der Waals surface area contributed by atoms with E-state index in [9.17, 15) is 18.0 Å². The summed E-state index contributed by atoms with van der Waals surface area (Å²) in [7, 11) is 1.40. The molecule has 1 aromatic heterocycles. The second kappa shape index (κ2) is 13.8. The molecule has 1 aliphatic rings. The van der Waals surface area contributed by atoms with Crippen molar-refractivity contribution in [2.24, 2.45) is 11.8 Å². The van der Waals surface area contributed by atoms with Crippen molar-refractivity contribution in [2.45, 2.75) is 65.3 Å². The Morgan fingerprint density at radius 1 is 1.27 bits per heavy atom. The number of nitrogens with one attached hydrogen (secondary N) is 1. The largest absolute Gasteiger partial charge is 0.496 e. The zero-order chi connectivity index (χ0) is 27.8. The Morgan fingerprint density at radius 2 is 1.89 bits per heavy atom. The Bertz CT molecular complexity index is 1100. The fourth-order valence-electron chi connectivity index (χ4n) is 4.14. The van der Waals surface area contributed by atoms with E-state index in [1.165, 1.54) is 19.2 Å². The van der Waals surface area contributed by atoms with Gasteiger partial charge in [-0.2, -0.15) is 26.7 Å². The van der Waals surface area contributed by atoms with Crippen LogP contribution in [0.4, 0.5) is 13.2 Å². The zero-order valence-electron chi connectivity index (χ0n) is 21.1. The van der Waals surface area contributed by atoms with E-state index in [1.807, 2.05) is 6.92 Å². The Hall–Kier alpha value is -2.60. The lowest BCUT2D eigenvalue weighted by Crippen LogP contribution is -2.31. The van der Waals surface area contributed by atoms with Gasteiger partial charge in [0.25, 0.3) is 5.91 Å². The molecule has 3 rings (SSSR count). The molecular formula is C24H31ClF3N3O5S. The van der Waals surface area contributed by atoms with Crippen LogP contribution >= 0.6 is 11.6 Å². The Labute approximate surface area is 222 Å². The second-order valence-electron chi connectivity index (χ2n) is 8.89. The molecule has 8 nitrogen and oxygen atoms in total. The van der Waals surface area contributed by atoms with Gasteiger partial charge in [-0.1, -0.05) is 31.4 Å².